The van der Waals surface area contributed by atoms with Crippen LogP contribution >= 0.6 is 0 Å². The van der Waals surface area contributed by atoms with E-state index in [0.717, 1.165) is 31.6 Å². The van der Waals surface area contributed by atoms with Gasteiger partial charge in [-0.15, -0.1) is 0 Å². The van der Waals surface area contributed by atoms with Crippen molar-refractivity contribution in [2.24, 2.45) is 11.1 Å². The largest absolute Gasteiger partial charge is 0.493 e. The summed E-state index contributed by atoms with van der Waals surface area (Å²) in [4.78, 5) is 16.5. The van der Waals surface area contributed by atoms with Crippen LogP contribution < -0.4 is 15.2 Å². The molecule has 0 spiro atoms. The number of carbonyl (C=O) groups excluding carboxylic acids is 1. The van der Waals surface area contributed by atoms with E-state index >= 15 is 0 Å². The van der Waals surface area contributed by atoms with Crippen LogP contribution in [0, 0.1) is 5.41 Å². The van der Waals surface area contributed by atoms with E-state index in [1.165, 1.54) is 0 Å². The molecular weight excluding hydrogens is 358 g/mol. The summed E-state index contributed by atoms with van der Waals surface area (Å²) in [5.41, 5.74) is 7.52. The molecule has 1 atom stereocenters. The Morgan fingerprint density at radius 2 is 2.00 bits per heavy atom. The number of piperidine rings is 1. The Morgan fingerprint density at radius 1 is 1.25 bits per heavy atom. The van der Waals surface area contributed by atoms with Crippen LogP contribution in [0.5, 0.6) is 11.5 Å². The number of ether oxygens (including phenoxy) is 3. The molecule has 28 heavy (non-hydrogen) atoms. The Kier molecular flexibility index (Phi) is 6.80. The number of hydrogen-bond acceptors (Lipinski definition) is 6. The molecule has 7 heteroatoms. The lowest BCUT2D eigenvalue weighted by atomic mass is 9.79. The van der Waals surface area contributed by atoms with Crippen LogP contribution in [0.2, 0.25) is 0 Å². The molecule has 2 heterocycles. The number of nitrogens with two attached hydrogens (primary N) is 1. The van der Waals surface area contributed by atoms with Crippen LogP contribution in [0.3, 0.4) is 0 Å². The number of carbonyl (C=O) groups is 1. The first-order chi connectivity index (χ1) is 13.4. The van der Waals surface area contributed by atoms with Crippen molar-refractivity contribution in [2.75, 3.05) is 53.1 Å². The highest BCUT2D eigenvalue weighted by atomic mass is 16.5. The molecule has 1 unspecified atom stereocenters. The van der Waals surface area contributed by atoms with Crippen LogP contribution in [-0.2, 0) is 16.1 Å². The summed E-state index contributed by atoms with van der Waals surface area (Å²) < 4.78 is 16.5. The highest BCUT2D eigenvalue weighted by molar-refractivity contribution is 5.78. The number of methoxy groups -OCH3 is 1. The van der Waals surface area contributed by atoms with E-state index in [1.54, 1.807) is 12.0 Å². The van der Waals surface area contributed by atoms with E-state index in [0.29, 0.717) is 37.8 Å². The third-order valence-electron chi connectivity index (χ3n) is 5.74. The first-order valence-electron chi connectivity index (χ1n) is 10.0. The van der Waals surface area contributed by atoms with E-state index in [-0.39, 0.29) is 24.0 Å². The quantitative estimate of drug-likeness (QED) is 0.792. The predicted molar refractivity (Wildman–Crippen MR) is 108 cm³/mol. The standard InChI is InChI=1S/C21H33N3O4/c1-21(2)15-23(7-6-19(21)22)13-16-4-5-17(18(12-16)26-3)28-14-20(25)24-8-10-27-11-9-24/h4-5,12,19H,6-11,13-15,22H2,1-3H3. The van der Waals surface area contributed by atoms with Gasteiger partial charge in [-0.2, -0.15) is 0 Å². The molecular formula is C21H33N3O4. The van der Waals surface area contributed by atoms with Crippen molar-refractivity contribution in [1.29, 1.82) is 0 Å². The van der Waals surface area contributed by atoms with Crippen molar-refractivity contribution < 1.29 is 19.0 Å². The molecule has 7 nitrogen and oxygen atoms in total. The number of rotatable bonds is 6. The van der Waals surface area contributed by atoms with Gasteiger partial charge in [-0.25, -0.2) is 0 Å². The van der Waals surface area contributed by atoms with Gasteiger partial charge in [-0.05, 0) is 29.5 Å². The SMILES string of the molecule is COc1cc(CN2CCC(N)C(C)(C)C2)ccc1OCC(=O)N1CCOCC1. The molecule has 0 radical (unpaired) electrons. The van der Waals surface area contributed by atoms with Gasteiger partial charge < -0.3 is 24.8 Å². The van der Waals surface area contributed by atoms with Crippen LogP contribution in [-0.4, -0.2) is 74.9 Å². The fraction of sp³-hybridized carbons (Fsp3) is 0.667. The number of hydrogen-bond donors (Lipinski definition) is 1. The van der Waals surface area contributed by atoms with Gasteiger partial charge in [0, 0.05) is 38.8 Å². The van der Waals surface area contributed by atoms with Crippen molar-refractivity contribution in [1.82, 2.24) is 9.80 Å². The van der Waals surface area contributed by atoms with E-state index < -0.39 is 0 Å². The molecule has 156 valence electrons. The lowest BCUT2D eigenvalue weighted by Gasteiger charge is -2.42. The van der Waals surface area contributed by atoms with Gasteiger partial charge in [0.2, 0.25) is 0 Å². The summed E-state index contributed by atoms with van der Waals surface area (Å²) >= 11 is 0. The van der Waals surface area contributed by atoms with Gasteiger partial charge in [0.05, 0.1) is 20.3 Å². The molecule has 1 aromatic rings. The molecule has 2 aliphatic heterocycles. The topological polar surface area (TPSA) is 77.3 Å². The Bertz CT molecular complexity index is 674. The molecule has 2 fully saturated rings. The maximum absolute atomic E-state index is 12.3. The number of morpholine rings is 1. The van der Waals surface area contributed by atoms with Gasteiger partial charge in [0.25, 0.3) is 5.91 Å². The van der Waals surface area contributed by atoms with Crippen molar-refractivity contribution in [3.05, 3.63) is 23.8 Å². The molecule has 0 saturated carbocycles. The maximum atomic E-state index is 12.3. The second-order valence-electron chi connectivity index (χ2n) is 8.36. The van der Waals surface area contributed by atoms with E-state index in [1.807, 2.05) is 18.2 Å². The Hall–Kier alpha value is -1.83. The summed E-state index contributed by atoms with van der Waals surface area (Å²) in [5.74, 6) is 1.22. The minimum absolute atomic E-state index is 0.00785. The number of amides is 1. The molecule has 1 aromatic carbocycles. The summed E-state index contributed by atoms with van der Waals surface area (Å²) in [6.07, 6.45) is 1.01. The van der Waals surface area contributed by atoms with Gasteiger partial charge in [-0.1, -0.05) is 19.9 Å². The smallest absolute Gasteiger partial charge is 0.260 e. The zero-order valence-electron chi connectivity index (χ0n) is 17.3. The Morgan fingerprint density at radius 3 is 2.68 bits per heavy atom. The van der Waals surface area contributed by atoms with Crippen LogP contribution in [0.4, 0.5) is 0 Å². The van der Waals surface area contributed by atoms with Crippen LogP contribution in [0.25, 0.3) is 0 Å². The second kappa shape index (κ2) is 9.11. The monoisotopic (exact) mass is 391 g/mol. The molecule has 2 saturated heterocycles. The Balaban J connectivity index is 1.58. The third kappa shape index (κ3) is 5.16. The second-order valence-corrected chi connectivity index (χ2v) is 8.36. The summed E-state index contributed by atoms with van der Waals surface area (Å²) in [7, 11) is 1.62. The average molecular weight is 392 g/mol. The molecule has 1 amide bonds. The van der Waals surface area contributed by atoms with Gasteiger partial charge >= 0.3 is 0 Å². The molecule has 2 aliphatic rings. The van der Waals surface area contributed by atoms with Crippen molar-refractivity contribution in [3.8, 4) is 11.5 Å². The first kappa shape index (κ1) is 20.9. The molecule has 2 N–H and O–H groups in total. The minimum atomic E-state index is -0.0266. The molecule has 0 bridgehead atoms. The van der Waals surface area contributed by atoms with Gasteiger partial charge in [0.1, 0.15) is 0 Å². The molecule has 3 rings (SSSR count). The minimum Gasteiger partial charge on any atom is -0.493 e. The Labute approximate surface area is 167 Å². The van der Waals surface area contributed by atoms with E-state index in [9.17, 15) is 4.79 Å². The maximum Gasteiger partial charge on any atom is 0.260 e. The fourth-order valence-electron chi connectivity index (χ4n) is 3.85. The zero-order chi connectivity index (χ0) is 20.1. The number of likely N-dealkylation sites (tertiary alicyclic amines) is 1. The summed E-state index contributed by atoms with van der Waals surface area (Å²) in [6.45, 7) is 9.70. The molecule has 0 aromatic heterocycles. The number of benzene rings is 1. The van der Waals surface area contributed by atoms with Crippen molar-refractivity contribution in [2.45, 2.75) is 32.9 Å². The lowest BCUT2D eigenvalue weighted by Crippen LogP contribution is -2.52. The van der Waals surface area contributed by atoms with Crippen molar-refractivity contribution in [3.63, 3.8) is 0 Å². The van der Waals surface area contributed by atoms with E-state index in [4.69, 9.17) is 19.9 Å². The highest BCUT2D eigenvalue weighted by Gasteiger charge is 2.33. The van der Waals surface area contributed by atoms with E-state index in [2.05, 4.69) is 18.7 Å². The normalized spacial score (nSPS) is 22.7. The lowest BCUT2D eigenvalue weighted by molar-refractivity contribution is -0.137. The molecule has 0 aliphatic carbocycles. The fourth-order valence-corrected chi connectivity index (χ4v) is 3.85. The highest BCUT2D eigenvalue weighted by Crippen LogP contribution is 2.31. The third-order valence-corrected chi connectivity index (χ3v) is 5.74. The zero-order valence-corrected chi connectivity index (χ0v) is 17.3. The van der Waals surface area contributed by atoms with Crippen molar-refractivity contribution >= 4 is 5.91 Å². The van der Waals surface area contributed by atoms with Crippen LogP contribution in [0.1, 0.15) is 25.8 Å². The van der Waals surface area contributed by atoms with Gasteiger partial charge in [0.15, 0.2) is 18.1 Å². The summed E-state index contributed by atoms with van der Waals surface area (Å²) in [6, 6.07) is 6.18. The summed E-state index contributed by atoms with van der Waals surface area (Å²) in [5, 5.41) is 0. The van der Waals surface area contributed by atoms with Gasteiger partial charge in [-0.3, -0.25) is 9.69 Å². The first-order valence-corrected chi connectivity index (χ1v) is 10.0. The predicted octanol–water partition coefficient (Wildman–Crippen LogP) is 1.49. The number of nitrogens with zero attached hydrogens (tertiary/aromatic N) is 2. The average Bonchev–Trinajstić information content (AvgIpc) is 2.70. The van der Waals surface area contributed by atoms with Crippen LogP contribution in [0.15, 0.2) is 18.2 Å².